The van der Waals surface area contributed by atoms with Crippen molar-refractivity contribution >= 4 is 28.3 Å². The summed E-state index contributed by atoms with van der Waals surface area (Å²) < 4.78 is 5.17. The molecule has 0 saturated carbocycles. The van der Waals surface area contributed by atoms with Crippen molar-refractivity contribution in [1.29, 1.82) is 0 Å². The fraction of sp³-hybridized carbons (Fsp3) is 0.308. The average Bonchev–Trinajstić information content (AvgIpc) is 3.19. The molecular weight excluding hydrogens is 304 g/mol. The van der Waals surface area contributed by atoms with Crippen LogP contribution >= 0.6 is 11.6 Å². The lowest BCUT2D eigenvalue weighted by Crippen LogP contribution is -2.12. The van der Waals surface area contributed by atoms with E-state index >= 15 is 0 Å². The fourth-order valence-electron chi connectivity index (χ4n) is 2.57. The van der Waals surface area contributed by atoms with Crippen molar-refractivity contribution in [3.8, 4) is 0 Å². The fourth-order valence-corrected chi connectivity index (χ4v) is 2.71. The standard InChI is InChI=1S/C13H13ClN8/c1-3-10(21-6-8(14)4-17-21)11-18-13-9-5-16-20(2)12(9)15-7-22(13)19-11/h4-7,10H,3H2,1-2H3/t10-/m1/s1. The summed E-state index contributed by atoms with van der Waals surface area (Å²) in [5.41, 5.74) is 1.52. The number of hydrogen-bond acceptors (Lipinski definition) is 5. The first kappa shape index (κ1) is 13.2. The number of halogens is 1. The van der Waals surface area contributed by atoms with Crippen molar-refractivity contribution in [3.05, 3.63) is 35.8 Å². The summed E-state index contributed by atoms with van der Waals surface area (Å²) in [7, 11) is 1.85. The molecule has 0 bridgehead atoms. The van der Waals surface area contributed by atoms with Gasteiger partial charge >= 0.3 is 0 Å². The average molecular weight is 317 g/mol. The molecule has 22 heavy (non-hydrogen) atoms. The van der Waals surface area contributed by atoms with Crippen molar-refractivity contribution in [2.45, 2.75) is 19.4 Å². The third-order valence-electron chi connectivity index (χ3n) is 3.66. The maximum absolute atomic E-state index is 5.96. The molecule has 0 saturated heterocycles. The molecule has 0 unspecified atom stereocenters. The SMILES string of the molecule is CC[C@H](c1nc2c3cnn(C)c3ncn2n1)n1cc(Cl)cn1. The first-order valence-electron chi connectivity index (χ1n) is 6.90. The van der Waals surface area contributed by atoms with Gasteiger partial charge in [0.2, 0.25) is 0 Å². The molecule has 0 aliphatic rings. The third kappa shape index (κ3) is 1.87. The van der Waals surface area contributed by atoms with Gasteiger partial charge in [-0.25, -0.2) is 14.5 Å². The highest BCUT2D eigenvalue weighted by Gasteiger charge is 2.20. The Morgan fingerprint density at radius 2 is 2.09 bits per heavy atom. The number of aromatic nitrogens is 8. The summed E-state index contributed by atoms with van der Waals surface area (Å²) >= 11 is 5.96. The minimum absolute atomic E-state index is 0.0703. The molecule has 4 aromatic rings. The van der Waals surface area contributed by atoms with Crippen LogP contribution in [0.3, 0.4) is 0 Å². The number of fused-ring (bicyclic) bond motifs is 3. The zero-order valence-electron chi connectivity index (χ0n) is 12.0. The van der Waals surface area contributed by atoms with E-state index in [0.717, 1.165) is 23.1 Å². The van der Waals surface area contributed by atoms with E-state index in [-0.39, 0.29) is 6.04 Å². The second kappa shape index (κ2) is 4.77. The summed E-state index contributed by atoms with van der Waals surface area (Å²) in [5, 5.41) is 14.5. The van der Waals surface area contributed by atoms with E-state index in [2.05, 4.69) is 32.2 Å². The molecular formula is C13H13ClN8. The summed E-state index contributed by atoms with van der Waals surface area (Å²) in [5.74, 6) is 0.681. The predicted molar refractivity (Wildman–Crippen MR) is 80.7 cm³/mol. The molecule has 0 amide bonds. The van der Waals surface area contributed by atoms with Crippen LogP contribution in [0.5, 0.6) is 0 Å². The van der Waals surface area contributed by atoms with Crippen molar-refractivity contribution in [2.24, 2.45) is 7.05 Å². The zero-order valence-corrected chi connectivity index (χ0v) is 12.8. The van der Waals surface area contributed by atoms with Crippen molar-refractivity contribution < 1.29 is 0 Å². The summed E-state index contributed by atoms with van der Waals surface area (Å²) in [4.78, 5) is 9.03. The van der Waals surface area contributed by atoms with Gasteiger partial charge in [0.05, 0.1) is 22.8 Å². The number of rotatable bonds is 3. The van der Waals surface area contributed by atoms with Crippen LogP contribution < -0.4 is 0 Å². The summed E-state index contributed by atoms with van der Waals surface area (Å²) in [6.45, 7) is 2.06. The number of nitrogens with zero attached hydrogens (tertiary/aromatic N) is 8. The molecule has 4 aromatic heterocycles. The van der Waals surface area contributed by atoms with Crippen molar-refractivity contribution in [3.63, 3.8) is 0 Å². The predicted octanol–water partition coefficient (Wildman–Crippen LogP) is 1.86. The Bertz CT molecular complexity index is 965. The van der Waals surface area contributed by atoms with Crippen LogP contribution in [0.1, 0.15) is 25.2 Å². The van der Waals surface area contributed by atoms with Gasteiger partial charge in [0, 0.05) is 13.2 Å². The van der Waals surface area contributed by atoms with Gasteiger partial charge < -0.3 is 0 Å². The van der Waals surface area contributed by atoms with Crippen LogP contribution in [0.25, 0.3) is 16.7 Å². The Kier molecular flexibility index (Phi) is 2.86. The lowest BCUT2D eigenvalue weighted by atomic mass is 10.2. The number of hydrogen-bond donors (Lipinski definition) is 0. The van der Waals surface area contributed by atoms with E-state index in [1.54, 1.807) is 38.8 Å². The first-order valence-corrected chi connectivity index (χ1v) is 7.28. The summed E-state index contributed by atoms with van der Waals surface area (Å²) in [6.07, 6.45) is 7.60. The minimum atomic E-state index is -0.0703. The lowest BCUT2D eigenvalue weighted by molar-refractivity contribution is 0.484. The molecule has 0 spiro atoms. The molecule has 0 N–H and O–H groups in total. The zero-order chi connectivity index (χ0) is 15.3. The van der Waals surface area contributed by atoms with Gasteiger partial charge in [0.15, 0.2) is 17.1 Å². The van der Waals surface area contributed by atoms with E-state index in [1.165, 1.54) is 0 Å². The molecule has 0 aromatic carbocycles. The quantitative estimate of drug-likeness (QED) is 0.576. The van der Waals surface area contributed by atoms with E-state index < -0.39 is 0 Å². The third-order valence-corrected chi connectivity index (χ3v) is 3.85. The molecule has 112 valence electrons. The van der Waals surface area contributed by atoms with Gasteiger partial charge in [-0.3, -0.25) is 9.36 Å². The second-order valence-electron chi connectivity index (χ2n) is 5.05. The Hall–Kier alpha value is -2.48. The molecule has 0 radical (unpaired) electrons. The van der Waals surface area contributed by atoms with Crippen molar-refractivity contribution in [2.75, 3.05) is 0 Å². The molecule has 0 aliphatic heterocycles. The normalized spacial score (nSPS) is 13.2. The second-order valence-corrected chi connectivity index (χ2v) is 5.49. The Balaban J connectivity index is 1.89. The molecule has 9 heteroatoms. The largest absolute Gasteiger partial charge is 0.260 e. The van der Waals surface area contributed by atoms with E-state index in [1.807, 2.05) is 7.05 Å². The van der Waals surface area contributed by atoms with E-state index in [0.29, 0.717) is 10.8 Å². The molecule has 0 aliphatic carbocycles. The highest BCUT2D eigenvalue weighted by Crippen LogP contribution is 2.22. The van der Waals surface area contributed by atoms with Gasteiger partial charge in [-0.1, -0.05) is 18.5 Å². The van der Waals surface area contributed by atoms with E-state index in [9.17, 15) is 0 Å². The maximum Gasteiger partial charge on any atom is 0.176 e. The summed E-state index contributed by atoms with van der Waals surface area (Å²) in [6, 6.07) is -0.0703. The molecule has 1 atom stereocenters. The molecule has 4 heterocycles. The highest BCUT2D eigenvalue weighted by atomic mass is 35.5. The van der Waals surface area contributed by atoms with Crippen LogP contribution in [0.2, 0.25) is 5.02 Å². The molecule has 0 fully saturated rings. The van der Waals surface area contributed by atoms with Gasteiger partial charge in [-0.2, -0.15) is 10.2 Å². The highest BCUT2D eigenvalue weighted by molar-refractivity contribution is 6.30. The van der Waals surface area contributed by atoms with Gasteiger partial charge in [0.25, 0.3) is 0 Å². The Morgan fingerprint density at radius 1 is 1.23 bits per heavy atom. The molecule has 8 nitrogen and oxygen atoms in total. The minimum Gasteiger partial charge on any atom is -0.260 e. The Morgan fingerprint density at radius 3 is 2.82 bits per heavy atom. The van der Waals surface area contributed by atoms with Crippen LogP contribution in [0.4, 0.5) is 0 Å². The van der Waals surface area contributed by atoms with Crippen LogP contribution in [0, 0.1) is 0 Å². The molecule has 4 rings (SSSR count). The maximum atomic E-state index is 5.96. The lowest BCUT2D eigenvalue weighted by Gasteiger charge is -2.10. The topological polar surface area (TPSA) is 78.7 Å². The number of aryl methyl sites for hydroxylation is 1. The van der Waals surface area contributed by atoms with Crippen molar-refractivity contribution in [1.82, 2.24) is 39.1 Å². The van der Waals surface area contributed by atoms with Gasteiger partial charge in [0.1, 0.15) is 12.4 Å². The monoisotopic (exact) mass is 316 g/mol. The van der Waals surface area contributed by atoms with E-state index in [4.69, 9.17) is 11.6 Å². The Labute approximate surface area is 130 Å². The van der Waals surface area contributed by atoms with Gasteiger partial charge in [-0.15, -0.1) is 5.10 Å². The van der Waals surface area contributed by atoms with Crippen LogP contribution in [-0.4, -0.2) is 39.1 Å². The van der Waals surface area contributed by atoms with Gasteiger partial charge in [-0.05, 0) is 6.42 Å². The van der Waals surface area contributed by atoms with Crippen LogP contribution in [-0.2, 0) is 7.05 Å². The van der Waals surface area contributed by atoms with Crippen LogP contribution in [0.15, 0.2) is 24.9 Å². The smallest absolute Gasteiger partial charge is 0.176 e. The first-order chi connectivity index (χ1) is 10.7.